The molecule has 0 aliphatic heterocycles. The van der Waals surface area contributed by atoms with E-state index in [1.54, 1.807) is 6.92 Å². The van der Waals surface area contributed by atoms with Crippen LogP contribution in [0.2, 0.25) is 0 Å². The Morgan fingerprint density at radius 1 is 1.02 bits per heavy atom. The van der Waals surface area contributed by atoms with Crippen molar-refractivity contribution in [2.75, 3.05) is 14.2 Å². The third kappa shape index (κ3) is 5.77. The predicted molar refractivity (Wildman–Crippen MR) is 144 cm³/mol. The van der Waals surface area contributed by atoms with Crippen LogP contribution in [-0.2, 0) is 14.3 Å². The Balaban J connectivity index is 1.50. The number of carbonyl (C=O) groups excluding carboxylic acids is 3. The molecule has 8 nitrogen and oxygen atoms in total. The van der Waals surface area contributed by atoms with Gasteiger partial charge in [0.15, 0.2) is 11.6 Å². The highest BCUT2D eigenvalue weighted by atomic mass is 19.2. The van der Waals surface area contributed by atoms with Gasteiger partial charge >= 0.3 is 5.97 Å². The molecular formula is C30H42F2N2O6. The highest BCUT2D eigenvalue weighted by Crippen LogP contribution is 2.49. The lowest BCUT2D eigenvalue weighted by molar-refractivity contribution is -0.161. The average molecular weight is 565 g/mol. The number of carbonyl (C=O) groups is 3. The second-order valence-corrected chi connectivity index (χ2v) is 12.3. The number of benzene rings is 1. The zero-order valence-electron chi connectivity index (χ0n) is 24.3. The summed E-state index contributed by atoms with van der Waals surface area (Å²) in [5, 5.41) is 3.30. The monoisotopic (exact) mass is 564 g/mol. The minimum Gasteiger partial charge on any atom is -0.496 e. The quantitative estimate of drug-likeness (QED) is 0.326. The van der Waals surface area contributed by atoms with Gasteiger partial charge in [-0.15, -0.1) is 0 Å². The molecule has 3 saturated carbocycles. The fourth-order valence-corrected chi connectivity index (χ4v) is 6.64. The van der Waals surface area contributed by atoms with Gasteiger partial charge in [0.2, 0.25) is 0 Å². The molecule has 3 aliphatic rings. The van der Waals surface area contributed by atoms with Gasteiger partial charge in [-0.3, -0.25) is 14.4 Å². The molecule has 3 fully saturated rings. The number of fused-ring (bicyclic) bond motifs is 2. The van der Waals surface area contributed by atoms with Crippen molar-refractivity contribution in [3.8, 4) is 11.5 Å². The van der Waals surface area contributed by atoms with Crippen LogP contribution in [-0.4, -0.2) is 55.3 Å². The van der Waals surface area contributed by atoms with Crippen LogP contribution >= 0.6 is 0 Å². The first-order valence-electron chi connectivity index (χ1n) is 14.3. The summed E-state index contributed by atoms with van der Waals surface area (Å²) in [5.41, 5.74) is -0.523. The number of nitrogens with one attached hydrogen (secondary N) is 1. The maximum Gasteiger partial charge on any atom is 0.311 e. The van der Waals surface area contributed by atoms with Gasteiger partial charge in [0.05, 0.1) is 43.3 Å². The van der Waals surface area contributed by atoms with Gasteiger partial charge in [-0.2, -0.15) is 5.12 Å². The van der Waals surface area contributed by atoms with E-state index in [0.29, 0.717) is 30.8 Å². The number of rotatable bonds is 9. The van der Waals surface area contributed by atoms with Gasteiger partial charge in [-0.25, -0.2) is 4.39 Å². The molecule has 40 heavy (non-hydrogen) atoms. The minimum atomic E-state index is -0.668. The summed E-state index contributed by atoms with van der Waals surface area (Å²) in [6.07, 6.45) is 4.24. The maximum absolute atomic E-state index is 15.1. The molecule has 1 N–H and O–H groups in total. The standard InChI is InChI=1S/C30H42F2N2O6/c1-16(2)17(3)34(32)28(36)25-18-7-8-19(13-18)26(25)33-27(35)21-14-24(22(31)15-23(21)38-5)40-20-9-11-30(4,12-10-20)29(37)39-6/h14-20,25-26H,7-13H2,1-6H3,(H,33,35)/t17-,18+,19-,20-,25-,26+,30+/m0/s1. The first-order valence-corrected chi connectivity index (χ1v) is 14.3. The number of hydrogen-bond acceptors (Lipinski definition) is 6. The molecule has 3 aliphatic carbocycles. The summed E-state index contributed by atoms with van der Waals surface area (Å²) >= 11 is 0. The van der Waals surface area contributed by atoms with Gasteiger partial charge in [0.25, 0.3) is 11.8 Å². The van der Waals surface area contributed by atoms with Crippen LogP contribution in [0.3, 0.4) is 0 Å². The highest BCUT2D eigenvalue weighted by Gasteiger charge is 2.53. The largest absolute Gasteiger partial charge is 0.496 e. The third-order valence-electron chi connectivity index (χ3n) is 9.54. The lowest BCUT2D eigenvalue weighted by atomic mass is 9.75. The van der Waals surface area contributed by atoms with E-state index in [0.717, 1.165) is 25.3 Å². The van der Waals surface area contributed by atoms with Crippen LogP contribution in [0.5, 0.6) is 11.5 Å². The normalized spacial score (nSPS) is 30.1. The van der Waals surface area contributed by atoms with Gasteiger partial charge < -0.3 is 19.5 Å². The van der Waals surface area contributed by atoms with Crippen molar-refractivity contribution in [2.24, 2.45) is 29.1 Å². The van der Waals surface area contributed by atoms with Crippen LogP contribution in [0.25, 0.3) is 0 Å². The number of amides is 2. The Morgan fingerprint density at radius 3 is 2.27 bits per heavy atom. The molecule has 0 unspecified atom stereocenters. The van der Waals surface area contributed by atoms with Crippen molar-refractivity contribution in [3.05, 3.63) is 23.5 Å². The summed E-state index contributed by atoms with van der Waals surface area (Å²) in [6, 6.07) is 1.34. The average Bonchev–Trinajstić information content (AvgIpc) is 3.55. The van der Waals surface area contributed by atoms with Gasteiger partial charge in [-0.05, 0) is 82.6 Å². The molecule has 0 saturated heterocycles. The summed E-state index contributed by atoms with van der Waals surface area (Å²) in [6.45, 7) is 7.24. The van der Waals surface area contributed by atoms with E-state index in [1.807, 2.05) is 20.8 Å². The Labute approximate surface area is 235 Å². The number of ether oxygens (including phenoxy) is 3. The lowest BCUT2D eigenvalue weighted by Crippen LogP contribution is -2.51. The third-order valence-corrected chi connectivity index (χ3v) is 9.54. The van der Waals surface area contributed by atoms with Crippen LogP contribution in [0.1, 0.15) is 83.0 Å². The number of hydrogen-bond donors (Lipinski definition) is 1. The molecule has 0 aromatic heterocycles. The molecule has 2 bridgehead atoms. The fourth-order valence-electron chi connectivity index (χ4n) is 6.64. The Hall–Kier alpha value is -2.91. The van der Waals surface area contributed by atoms with E-state index in [-0.39, 0.29) is 46.9 Å². The number of methoxy groups -OCH3 is 2. The van der Waals surface area contributed by atoms with E-state index < -0.39 is 41.0 Å². The molecule has 1 aromatic rings. The van der Waals surface area contributed by atoms with E-state index in [4.69, 9.17) is 14.2 Å². The number of halogens is 2. The van der Waals surface area contributed by atoms with Gasteiger partial charge in [0.1, 0.15) is 5.75 Å². The smallest absolute Gasteiger partial charge is 0.311 e. The van der Waals surface area contributed by atoms with E-state index in [2.05, 4.69) is 5.32 Å². The summed E-state index contributed by atoms with van der Waals surface area (Å²) in [7, 11) is 2.71. The van der Waals surface area contributed by atoms with Crippen molar-refractivity contribution in [3.63, 3.8) is 0 Å². The van der Waals surface area contributed by atoms with Gasteiger partial charge in [-0.1, -0.05) is 18.3 Å². The van der Waals surface area contributed by atoms with Crippen molar-refractivity contribution < 1.29 is 37.5 Å². The molecule has 4 rings (SSSR count). The fraction of sp³-hybridized carbons (Fsp3) is 0.700. The molecule has 0 heterocycles. The minimum absolute atomic E-state index is 0.0106. The van der Waals surface area contributed by atoms with Crippen molar-refractivity contribution >= 4 is 17.8 Å². The van der Waals surface area contributed by atoms with E-state index in [1.165, 1.54) is 20.3 Å². The molecule has 2 amide bonds. The molecule has 0 spiro atoms. The molecule has 1 aromatic carbocycles. The maximum atomic E-state index is 15.1. The summed E-state index contributed by atoms with van der Waals surface area (Å²) in [4.78, 5) is 38.9. The van der Waals surface area contributed by atoms with Crippen LogP contribution in [0.4, 0.5) is 8.87 Å². The molecule has 0 radical (unpaired) electrons. The van der Waals surface area contributed by atoms with Crippen LogP contribution in [0, 0.1) is 34.9 Å². The lowest BCUT2D eigenvalue weighted by Gasteiger charge is -2.35. The topological polar surface area (TPSA) is 94.2 Å². The SMILES string of the molecule is COc1cc(F)c(O[C@H]2CC[C@@](C)(C(=O)OC)CC2)cc1C(=O)N[C@@H]1[C@H]2CC[C@H](C2)[C@@H]1C(=O)N(F)[C@@H](C)C(C)C. The van der Waals surface area contributed by atoms with Crippen LogP contribution in [0.15, 0.2) is 12.1 Å². The Morgan fingerprint density at radius 2 is 1.68 bits per heavy atom. The Bertz CT molecular complexity index is 1120. The molecular weight excluding hydrogens is 522 g/mol. The first kappa shape index (κ1) is 30.1. The zero-order chi connectivity index (χ0) is 29.4. The summed E-state index contributed by atoms with van der Waals surface area (Å²) < 4.78 is 46.3. The first-order chi connectivity index (χ1) is 18.9. The van der Waals surface area contributed by atoms with Gasteiger partial charge in [0, 0.05) is 12.1 Å². The number of esters is 1. The molecule has 10 heteroatoms. The van der Waals surface area contributed by atoms with Crippen LogP contribution < -0.4 is 14.8 Å². The molecule has 222 valence electrons. The van der Waals surface area contributed by atoms with Crippen molar-refractivity contribution in [1.82, 2.24) is 10.4 Å². The van der Waals surface area contributed by atoms with Crippen molar-refractivity contribution in [1.29, 1.82) is 0 Å². The van der Waals surface area contributed by atoms with E-state index >= 15 is 4.48 Å². The second kappa shape index (κ2) is 11.9. The van der Waals surface area contributed by atoms with E-state index in [9.17, 15) is 18.8 Å². The van der Waals surface area contributed by atoms with Crippen molar-refractivity contribution in [2.45, 2.75) is 90.8 Å². The highest BCUT2D eigenvalue weighted by molar-refractivity contribution is 5.98. The molecule has 5 atom stereocenters. The second-order valence-electron chi connectivity index (χ2n) is 12.3. The predicted octanol–water partition coefficient (Wildman–Crippen LogP) is 5.24. The Kier molecular flexibility index (Phi) is 8.95. The summed E-state index contributed by atoms with van der Waals surface area (Å²) in [5.74, 6) is -2.73. The number of nitrogens with zero attached hydrogens (tertiary/aromatic N) is 1. The zero-order valence-corrected chi connectivity index (χ0v) is 24.3.